The molecule has 0 bridgehead atoms. The van der Waals surface area contributed by atoms with Gasteiger partial charge in [-0.2, -0.15) is 0 Å². The zero-order chi connectivity index (χ0) is 18.6. The third-order valence-corrected chi connectivity index (χ3v) is 3.63. The van der Waals surface area contributed by atoms with Crippen LogP contribution in [0.15, 0.2) is 0 Å². The van der Waals surface area contributed by atoms with Crippen LogP contribution in [0.2, 0.25) is 0 Å². The number of rotatable bonds is 11. The first kappa shape index (κ1) is 22.9. The Balaban J connectivity index is 3.37. The zero-order valence-electron chi connectivity index (χ0n) is 16.9. The van der Waals surface area contributed by atoms with E-state index in [1.165, 1.54) is 19.3 Å². The van der Waals surface area contributed by atoms with Gasteiger partial charge in [0.2, 0.25) is 0 Å². The number of Topliss-reactive ketones (excluding diaryl/α,β-unsaturated/α-hetero) is 1. The molecule has 0 radical (unpaired) electrons. The molecular formula is C20H40N2O2. The lowest BCUT2D eigenvalue weighted by Crippen LogP contribution is -2.46. The molecule has 0 aliphatic rings. The van der Waals surface area contributed by atoms with Gasteiger partial charge in [0.25, 0.3) is 0 Å². The topological polar surface area (TPSA) is 58.2 Å². The molecule has 0 aliphatic heterocycles. The first-order valence-corrected chi connectivity index (χ1v) is 9.57. The van der Waals surface area contributed by atoms with E-state index in [0.717, 1.165) is 38.6 Å². The lowest BCUT2D eigenvalue weighted by Gasteiger charge is -2.20. The van der Waals surface area contributed by atoms with E-state index in [4.69, 9.17) is 0 Å². The average molecular weight is 341 g/mol. The monoisotopic (exact) mass is 340 g/mol. The second-order valence-electron chi connectivity index (χ2n) is 9.13. The number of urea groups is 1. The molecule has 0 saturated carbocycles. The van der Waals surface area contributed by atoms with Crippen LogP contribution in [0.1, 0.15) is 99.3 Å². The Hall–Kier alpha value is -1.06. The molecule has 0 aromatic rings. The van der Waals surface area contributed by atoms with Gasteiger partial charge in [0.15, 0.2) is 0 Å². The smallest absolute Gasteiger partial charge is 0.315 e. The summed E-state index contributed by atoms with van der Waals surface area (Å²) in [5.41, 5.74) is -0.0623. The number of carbonyl (C=O) groups is 2. The van der Waals surface area contributed by atoms with Crippen molar-refractivity contribution < 1.29 is 9.59 Å². The first-order valence-electron chi connectivity index (χ1n) is 9.57. The Kier molecular flexibility index (Phi) is 11.0. The Morgan fingerprint density at radius 2 is 1.25 bits per heavy atom. The third kappa shape index (κ3) is 17.3. The van der Waals surface area contributed by atoms with Gasteiger partial charge in [-0.05, 0) is 39.0 Å². The maximum Gasteiger partial charge on any atom is 0.315 e. The van der Waals surface area contributed by atoms with Gasteiger partial charge in [-0.25, -0.2) is 4.79 Å². The molecule has 0 aromatic carbocycles. The van der Waals surface area contributed by atoms with Crippen molar-refractivity contribution in [1.82, 2.24) is 10.6 Å². The van der Waals surface area contributed by atoms with Crippen LogP contribution in [0.3, 0.4) is 0 Å². The highest BCUT2D eigenvalue weighted by atomic mass is 16.2. The minimum Gasteiger partial charge on any atom is -0.338 e. The molecule has 0 unspecified atom stereocenters. The van der Waals surface area contributed by atoms with Crippen molar-refractivity contribution in [3.8, 4) is 0 Å². The molecule has 24 heavy (non-hydrogen) atoms. The van der Waals surface area contributed by atoms with Gasteiger partial charge in [0.05, 0.1) is 0 Å². The quantitative estimate of drug-likeness (QED) is 0.507. The number of nitrogens with one attached hydrogen (secondary N) is 2. The number of ketones is 1. The number of hydrogen-bond acceptors (Lipinski definition) is 2. The Morgan fingerprint density at radius 1 is 0.750 bits per heavy atom. The molecule has 4 heteroatoms. The molecule has 0 aromatic heterocycles. The van der Waals surface area contributed by atoms with Gasteiger partial charge in [0.1, 0.15) is 5.78 Å². The van der Waals surface area contributed by atoms with Crippen LogP contribution in [0, 0.1) is 5.41 Å². The number of unbranched alkanes of at least 4 members (excludes halogenated alkanes) is 6. The van der Waals surface area contributed by atoms with Crippen molar-refractivity contribution >= 4 is 11.8 Å². The van der Waals surface area contributed by atoms with E-state index >= 15 is 0 Å². The molecule has 0 aliphatic carbocycles. The molecular weight excluding hydrogens is 300 g/mol. The lowest BCUT2D eigenvalue weighted by molar-refractivity contribution is -0.120. The molecule has 0 rings (SSSR count). The highest BCUT2D eigenvalue weighted by molar-refractivity contribution is 5.78. The minimum absolute atomic E-state index is 0.0811. The minimum atomic E-state index is -0.182. The van der Waals surface area contributed by atoms with Gasteiger partial charge in [-0.15, -0.1) is 0 Å². The van der Waals surface area contributed by atoms with E-state index in [1.807, 2.05) is 20.8 Å². The average Bonchev–Trinajstić information content (AvgIpc) is 2.36. The number of hydrogen-bond donors (Lipinski definition) is 2. The SMILES string of the molecule is CC(C)(C)CC(=O)CCCCCCCCCNC(=O)NC(C)(C)C. The second-order valence-corrected chi connectivity index (χ2v) is 9.13. The van der Waals surface area contributed by atoms with Gasteiger partial charge < -0.3 is 10.6 Å². The van der Waals surface area contributed by atoms with Gasteiger partial charge in [-0.1, -0.05) is 52.9 Å². The molecule has 0 heterocycles. The van der Waals surface area contributed by atoms with E-state index in [9.17, 15) is 9.59 Å². The van der Waals surface area contributed by atoms with E-state index in [1.54, 1.807) is 0 Å². The van der Waals surface area contributed by atoms with Crippen LogP contribution in [0.25, 0.3) is 0 Å². The predicted molar refractivity (Wildman–Crippen MR) is 102 cm³/mol. The summed E-state index contributed by atoms with van der Waals surface area (Å²) in [4.78, 5) is 23.3. The molecule has 0 saturated heterocycles. The summed E-state index contributed by atoms with van der Waals surface area (Å²) in [5, 5.41) is 5.78. The zero-order valence-corrected chi connectivity index (χ0v) is 16.9. The van der Waals surface area contributed by atoms with Crippen molar-refractivity contribution in [1.29, 1.82) is 0 Å². The van der Waals surface area contributed by atoms with Crippen LogP contribution in [-0.2, 0) is 4.79 Å². The fourth-order valence-electron chi connectivity index (χ4n) is 2.60. The number of carbonyl (C=O) groups excluding carboxylic acids is 2. The van der Waals surface area contributed by atoms with Crippen LogP contribution in [-0.4, -0.2) is 23.9 Å². The Morgan fingerprint density at radius 3 is 1.75 bits per heavy atom. The third-order valence-electron chi connectivity index (χ3n) is 3.63. The van der Waals surface area contributed by atoms with Crippen LogP contribution in [0.5, 0.6) is 0 Å². The van der Waals surface area contributed by atoms with Crippen molar-refractivity contribution in [2.24, 2.45) is 5.41 Å². The second kappa shape index (κ2) is 11.5. The fourth-order valence-corrected chi connectivity index (χ4v) is 2.60. The van der Waals surface area contributed by atoms with E-state index < -0.39 is 0 Å². The van der Waals surface area contributed by atoms with E-state index in [-0.39, 0.29) is 17.0 Å². The van der Waals surface area contributed by atoms with Crippen molar-refractivity contribution in [2.75, 3.05) is 6.54 Å². The summed E-state index contributed by atoms with van der Waals surface area (Å²) in [6.07, 6.45) is 9.44. The lowest BCUT2D eigenvalue weighted by atomic mass is 9.88. The fraction of sp³-hybridized carbons (Fsp3) is 0.900. The van der Waals surface area contributed by atoms with E-state index in [0.29, 0.717) is 12.2 Å². The summed E-state index contributed by atoms with van der Waals surface area (Å²) < 4.78 is 0. The Labute approximate surface area is 149 Å². The highest BCUT2D eigenvalue weighted by Crippen LogP contribution is 2.20. The molecule has 0 fully saturated rings. The first-order chi connectivity index (χ1) is 11.0. The van der Waals surface area contributed by atoms with Gasteiger partial charge >= 0.3 is 6.03 Å². The summed E-state index contributed by atoms with van der Waals surface area (Å²) in [6.45, 7) is 13.0. The molecule has 4 nitrogen and oxygen atoms in total. The van der Waals surface area contributed by atoms with Crippen LogP contribution in [0.4, 0.5) is 4.79 Å². The standard InChI is InChI=1S/C20H40N2O2/c1-19(2,3)16-17(23)14-12-10-8-7-9-11-13-15-21-18(24)22-20(4,5)6/h7-16H2,1-6H3,(H2,21,22,24). The molecule has 0 atom stereocenters. The van der Waals surface area contributed by atoms with Crippen LogP contribution < -0.4 is 10.6 Å². The molecule has 142 valence electrons. The predicted octanol–water partition coefficient (Wildman–Crippen LogP) is 5.21. The van der Waals surface area contributed by atoms with Crippen molar-refractivity contribution in [2.45, 2.75) is 105 Å². The van der Waals surface area contributed by atoms with Crippen LogP contribution >= 0.6 is 0 Å². The van der Waals surface area contributed by atoms with Gasteiger partial charge in [-0.3, -0.25) is 4.79 Å². The summed E-state index contributed by atoms with van der Waals surface area (Å²) in [7, 11) is 0. The van der Waals surface area contributed by atoms with E-state index in [2.05, 4.69) is 31.4 Å². The molecule has 0 spiro atoms. The summed E-state index contributed by atoms with van der Waals surface area (Å²) >= 11 is 0. The largest absolute Gasteiger partial charge is 0.338 e. The molecule has 2 amide bonds. The Bertz CT molecular complexity index is 329. The normalized spacial score (nSPS) is 12.1. The van der Waals surface area contributed by atoms with Crippen molar-refractivity contribution in [3.05, 3.63) is 0 Å². The molecule has 2 N–H and O–H groups in total. The number of amides is 2. The van der Waals surface area contributed by atoms with Crippen molar-refractivity contribution in [3.63, 3.8) is 0 Å². The maximum atomic E-state index is 11.8. The summed E-state index contributed by atoms with van der Waals surface area (Å²) in [6, 6.07) is -0.0811. The highest BCUT2D eigenvalue weighted by Gasteiger charge is 2.15. The maximum absolute atomic E-state index is 11.8. The summed E-state index contributed by atoms with van der Waals surface area (Å²) in [5.74, 6) is 0.405. The van der Waals surface area contributed by atoms with Gasteiger partial charge in [0, 0.05) is 24.9 Å².